The van der Waals surface area contributed by atoms with Crippen molar-refractivity contribution in [2.24, 2.45) is 0 Å². The quantitative estimate of drug-likeness (QED) is 0.387. The minimum absolute atomic E-state index is 0. The van der Waals surface area contributed by atoms with Crippen LogP contribution in [0.3, 0.4) is 0 Å². The molecule has 0 spiro atoms. The second-order valence-electron chi connectivity index (χ2n) is 1.97. The van der Waals surface area contributed by atoms with Gasteiger partial charge < -0.3 is 29.5 Å². The minimum atomic E-state index is -4.33. The molecule has 0 saturated carbocycles. The van der Waals surface area contributed by atoms with Gasteiger partial charge in [0, 0.05) is 0 Å². The number of carbonyl (C=O) groups is 2. The van der Waals surface area contributed by atoms with Crippen LogP contribution in [0.15, 0.2) is 0 Å². The zero-order valence-electron chi connectivity index (χ0n) is 7.10. The van der Waals surface area contributed by atoms with Crippen molar-refractivity contribution in [3.63, 3.8) is 0 Å². The van der Waals surface area contributed by atoms with Crippen LogP contribution < -0.4 is 0 Å². The molecule has 0 aromatic rings. The maximum absolute atomic E-state index is 9.77. The van der Waals surface area contributed by atoms with E-state index in [9.17, 15) is 9.59 Å². The molecule has 0 aliphatic rings. The Morgan fingerprint density at radius 2 is 1.19 bits per heavy atom. The second kappa shape index (κ2) is 8.78. The van der Waals surface area contributed by atoms with E-state index >= 15 is 0 Å². The summed E-state index contributed by atoms with van der Waals surface area (Å²) in [5, 5.41) is 32.5. The summed E-state index contributed by atoms with van der Waals surface area (Å²) < 4.78 is 26.7. The largest absolute Gasteiger partial charge is 2.00 e. The summed E-state index contributed by atoms with van der Waals surface area (Å²) in [5.74, 6) is -3.54. The van der Waals surface area contributed by atoms with Crippen LogP contribution in [0.2, 0.25) is 0 Å². The standard InChI is InChI=1S/C4H6O6.Cu.H2O3S2/c5-1(3(7)8)2(6)4(9)10;;1-5(2,3)4/h1-2,5-6H,(H,7,8)(H,9,10);;(H2,1,2,3,4)/q;+2;/p-2. The smallest absolute Gasteiger partial charge is 0.780 e. The number of carboxylic acids is 2. The summed E-state index contributed by atoms with van der Waals surface area (Å²) in [6, 6.07) is 0. The zero-order chi connectivity index (χ0) is 12.8. The van der Waals surface area contributed by atoms with Crippen LogP contribution in [-0.2, 0) is 46.9 Å². The van der Waals surface area contributed by atoms with Crippen LogP contribution in [0.25, 0.3) is 0 Å². The predicted octanol–water partition coefficient (Wildman–Crippen LogP) is -3.13. The van der Waals surface area contributed by atoms with E-state index < -0.39 is 33.2 Å². The van der Waals surface area contributed by atoms with Crippen LogP contribution in [0.4, 0.5) is 0 Å². The molecule has 0 aromatic carbocycles. The van der Waals surface area contributed by atoms with Gasteiger partial charge in [0.2, 0.25) is 0 Å². The van der Waals surface area contributed by atoms with Gasteiger partial charge in [0.25, 0.3) is 0 Å². The van der Waals surface area contributed by atoms with Crippen LogP contribution in [0.5, 0.6) is 0 Å². The predicted molar refractivity (Wildman–Crippen MR) is 44.3 cm³/mol. The zero-order valence-corrected chi connectivity index (χ0v) is 9.68. The van der Waals surface area contributed by atoms with Gasteiger partial charge in [0.1, 0.15) is 0 Å². The van der Waals surface area contributed by atoms with Gasteiger partial charge in [-0.15, -0.1) is 9.05 Å². The molecule has 0 fully saturated rings. The van der Waals surface area contributed by atoms with Gasteiger partial charge in [-0.25, -0.2) is 9.59 Å². The Balaban J connectivity index is -0.000000242. The SMILES string of the molecule is O=C(O)C(O)C(O)C(=O)O.O=S([O-])([O-])=S.[Cu+2]. The molecule has 0 bridgehead atoms. The van der Waals surface area contributed by atoms with E-state index in [0.29, 0.717) is 0 Å². The van der Waals surface area contributed by atoms with E-state index in [4.69, 9.17) is 33.7 Å². The van der Waals surface area contributed by atoms with Gasteiger partial charge in [0.15, 0.2) is 12.2 Å². The minimum Gasteiger partial charge on any atom is -0.780 e. The molecule has 0 heterocycles. The number of aliphatic carboxylic acids is 2. The molecule has 0 aliphatic carbocycles. The van der Waals surface area contributed by atoms with Crippen molar-refractivity contribution >= 4 is 32.2 Å². The molecule has 0 rings (SSSR count). The maximum atomic E-state index is 9.77. The van der Waals surface area contributed by atoms with Crippen LogP contribution >= 0.6 is 0 Å². The van der Waals surface area contributed by atoms with Gasteiger partial charge in [-0.3, -0.25) is 4.21 Å². The molecule has 0 saturated heterocycles. The topological polar surface area (TPSA) is 178 Å². The van der Waals surface area contributed by atoms with Crippen molar-refractivity contribution in [3.8, 4) is 0 Å². The van der Waals surface area contributed by atoms with E-state index in [0.717, 1.165) is 0 Å². The number of aliphatic hydroxyl groups is 2. The van der Waals surface area contributed by atoms with Gasteiger partial charge in [-0.1, -0.05) is 0 Å². The van der Waals surface area contributed by atoms with E-state index in [1.807, 2.05) is 0 Å². The first-order valence-corrected chi connectivity index (χ1v) is 5.28. The van der Waals surface area contributed by atoms with E-state index in [1.54, 1.807) is 0 Å². The first-order chi connectivity index (χ1) is 6.46. The van der Waals surface area contributed by atoms with Crippen molar-refractivity contribution in [1.29, 1.82) is 0 Å². The van der Waals surface area contributed by atoms with Gasteiger partial charge >= 0.3 is 29.0 Å². The fourth-order valence-corrected chi connectivity index (χ4v) is 0.270. The molecule has 4 N–H and O–H groups in total. The number of carboxylic acid groups (broad SMARTS) is 2. The number of hydrogen-bond acceptors (Lipinski definition) is 8. The first-order valence-electron chi connectivity index (χ1n) is 2.95. The Labute approximate surface area is 105 Å². The summed E-state index contributed by atoms with van der Waals surface area (Å²) in [6.45, 7) is 0. The van der Waals surface area contributed by atoms with E-state index in [-0.39, 0.29) is 17.1 Å². The molecule has 2 unspecified atom stereocenters. The third-order valence-corrected chi connectivity index (χ3v) is 0.805. The average Bonchev–Trinajstić information content (AvgIpc) is 1.98. The number of aliphatic hydroxyl groups excluding tert-OH is 2. The molecule has 1 radical (unpaired) electrons. The second-order valence-corrected chi connectivity index (χ2v) is 4.02. The monoisotopic (exact) mass is 325 g/mol. The Morgan fingerprint density at radius 3 is 1.25 bits per heavy atom. The third kappa shape index (κ3) is 16.1. The summed E-state index contributed by atoms with van der Waals surface area (Å²) in [7, 11) is -4.33. The molecule has 0 amide bonds. The number of rotatable bonds is 3. The molecule has 12 heteroatoms. The van der Waals surface area contributed by atoms with Gasteiger partial charge in [-0.05, 0) is 11.2 Å². The van der Waals surface area contributed by atoms with E-state index in [1.165, 1.54) is 0 Å². The molecular weight excluding hydrogens is 320 g/mol. The third-order valence-electron chi connectivity index (χ3n) is 0.805. The Morgan fingerprint density at radius 1 is 1.06 bits per heavy atom. The number of hydrogen-bond donors (Lipinski definition) is 4. The fourth-order valence-electron chi connectivity index (χ4n) is 0.270. The van der Waals surface area contributed by atoms with Gasteiger partial charge in [0.05, 0.1) is 0 Å². The molecule has 9 nitrogen and oxygen atoms in total. The molecular formula is C4H6CuO9S2. The summed E-state index contributed by atoms with van der Waals surface area (Å²) in [4.78, 5) is 19.5. The Hall–Kier alpha value is -0.331. The molecule has 16 heavy (non-hydrogen) atoms. The normalized spacial score (nSPS) is 13.5. The Bertz CT molecular complexity index is 298. The molecule has 0 aromatic heterocycles. The van der Waals surface area contributed by atoms with Crippen molar-refractivity contribution in [2.75, 3.05) is 0 Å². The van der Waals surface area contributed by atoms with Crippen molar-refractivity contribution in [3.05, 3.63) is 0 Å². The molecule has 99 valence electrons. The summed E-state index contributed by atoms with van der Waals surface area (Å²) in [5.41, 5.74) is 0. The van der Waals surface area contributed by atoms with Crippen molar-refractivity contribution in [1.82, 2.24) is 0 Å². The van der Waals surface area contributed by atoms with Crippen molar-refractivity contribution < 1.29 is 60.4 Å². The van der Waals surface area contributed by atoms with Crippen LogP contribution in [0, 0.1) is 0 Å². The van der Waals surface area contributed by atoms with Crippen molar-refractivity contribution in [2.45, 2.75) is 12.2 Å². The summed E-state index contributed by atoms with van der Waals surface area (Å²) in [6.07, 6.45) is -4.53. The first kappa shape index (κ1) is 21.0. The molecule has 0 aliphatic heterocycles. The molecule has 2 atom stereocenters. The van der Waals surface area contributed by atoms with Crippen LogP contribution in [0.1, 0.15) is 0 Å². The average molecular weight is 326 g/mol. The fraction of sp³-hybridized carbons (Fsp3) is 0.500. The van der Waals surface area contributed by atoms with Crippen LogP contribution in [-0.4, -0.2) is 57.9 Å². The maximum Gasteiger partial charge on any atom is 2.00 e. The Kier molecular flexibility index (Phi) is 11.5. The van der Waals surface area contributed by atoms with E-state index in [2.05, 4.69) is 11.2 Å². The van der Waals surface area contributed by atoms with Gasteiger partial charge in [-0.2, -0.15) is 0 Å². The summed E-state index contributed by atoms with van der Waals surface area (Å²) >= 11 is 3.24.